The Morgan fingerprint density at radius 1 is 1.10 bits per heavy atom. The first-order valence-corrected chi connectivity index (χ1v) is 9.30. The molecule has 1 aromatic carbocycles. The molecular formula is C11H19N3O4S2. The molecule has 1 aromatic rings. The van der Waals surface area contributed by atoms with Crippen molar-refractivity contribution >= 4 is 25.7 Å². The highest BCUT2D eigenvalue weighted by Crippen LogP contribution is 2.16. The van der Waals surface area contributed by atoms with Gasteiger partial charge in [-0.2, -0.15) is 0 Å². The number of anilines is 1. The Morgan fingerprint density at radius 2 is 1.70 bits per heavy atom. The molecule has 0 aliphatic heterocycles. The van der Waals surface area contributed by atoms with Gasteiger partial charge in [-0.3, -0.25) is 0 Å². The van der Waals surface area contributed by atoms with Crippen LogP contribution in [0.5, 0.6) is 0 Å². The van der Waals surface area contributed by atoms with Crippen LogP contribution in [0.1, 0.15) is 12.0 Å². The minimum absolute atomic E-state index is 0.139. The zero-order valence-electron chi connectivity index (χ0n) is 11.4. The molecule has 0 saturated heterocycles. The van der Waals surface area contributed by atoms with Crippen molar-refractivity contribution in [2.24, 2.45) is 0 Å². The Labute approximate surface area is 119 Å². The quantitative estimate of drug-likeness (QED) is 0.474. The first kappa shape index (κ1) is 16.9. The van der Waals surface area contributed by atoms with Crippen LogP contribution < -0.4 is 15.2 Å². The molecule has 1 rings (SSSR count). The fourth-order valence-electron chi connectivity index (χ4n) is 1.45. The molecule has 9 heteroatoms. The van der Waals surface area contributed by atoms with Crippen molar-refractivity contribution in [1.82, 2.24) is 9.44 Å². The molecular weight excluding hydrogens is 302 g/mol. The zero-order valence-corrected chi connectivity index (χ0v) is 13.0. The van der Waals surface area contributed by atoms with Gasteiger partial charge in [-0.1, -0.05) is 0 Å². The maximum atomic E-state index is 12.0. The molecule has 0 atom stereocenters. The fraction of sp³-hybridized carbons (Fsp3) is 0.455. The van der Waals surface area contributed by atoms with E-state index in [9.17, 15) is 16.8 Å². The van der Waals surface area contributed by atoms with Crippen LogP contribution in [-0.2, 0) is 20.0 Å². The zero-order chi connectivity index (χ0) is 15.4. The van der Waals surface area contributed by atoms with E-state index >= 15 is 0 Å². The van der Waals surface area contributed by atoms with Crippen molar-refractivity contribution in [3.8, 4) is 0 Å². The van der Waals surface area contributed by atoms with Crippen LogP contribution in [0, 0.1) is 6.92 Å². The maximum absolute atomic E-state index is 12.0. The number of hydrogen-bond donors (Lipinski definition) is 3. The largest absolute Gasteiger partial charge is 0.399 e. The van der Waals surface area contributed by atoms with Crippen molar-refractivity contribution in [3.05, 3.63) is 23.8 Å². The van der Waals surface area contributed by atoms with Gasteiger partial charge in [0.05, 0.1) is 11.2 Å². The lowest BCUT2D eigenvalue weighted by Crippen LogP contribution is -2.29. The van der Waals surface area contributed by atoms with Crippen molar-refractivity contribution in [2.45, 2.75) is 18.2 Å². The van der Waals surface area contributed by atoms with Crippen molar-refractivity contribution < 1.29 is 16.8 Å². The Bertz CT molecular complexity index is 669. The molecule has 20 heavy (non-hydrogen) atoms. The highest BCUT2D eigenvalue weighted by Gasteiger charge is 2.14. The van der Waals surface area contributed by atoms with E-state index in [0.717, 1.165) is 6.26 Å². The van der Waals surface area contributed by atoms with E-state index in [0.29, 0.717) is 17.7 Å². The molecule has 7 nitrogen and oxygen atoms in total. The molecule has 0 heterocycles. The number of sulfonamides is 2. The average molecular weight is 321 g/mol. The Morgan fingerprint density at radius 3 is 2.25 bits per heavy atom. The number of nitrogens with two attached hydrogens (primary N) is 1. The van der Waals surface area contributed by atoms with Gasteiger partial charge >= 0.3 is 0 Å². The molecule has 0 fully saturated rings. The lowest BCUT2D eigenvalue weighted by atomic mass is 10.2. The summed E-state index contributed by atoms with van der Waals surface area (Å²) in [6.45, 7) is 2.06. The molecule has 0 aliphatic rings. The predicted molar refractivity (Wildman–Crippen MR) is 78.2 cm³/mol. The van der Waals surface area contributed by atoms with Crippen LogP contribution in [0.15, 0.2) is 23.1 Å². The first-order valence-electron chi connectivity index (χ1n) is 5.92. The second-order valence-electron chi connectivity index (χ2n) is 4.44. The van der Waals surface area contributed by atoms with Crippen molar-refractivity contribution in [2.75, 3.05) is 25.1 Å². The summed E-state index contributed by atoms with van der Waals surface area (Å²) in [5.74, 6) is 0. The third kappa shape index (κ3) is 5.45. The van der Waals surface area contributed by atoms with Gasteiger partial charge in [0.15, 0.2) is 0 Å². The third-order valence-electron chi connectivity index (χ3n) is 2.56. The summed E-state index contributed by atoms with van der Waals surface area (Å²) in [4.78, 5) is 0.139. The summed E-state index contributed by atoms with van der Waals surface area (Å²) in [6, 6.07) is 4.46. The smallest absolute Gasteiger partial charge is 0.240 e. The van der Waals surface area contributed by atoms with Gasteiger partial charge in [0.2, 0.25) is 20.0 Å². The van der Waals surface area contributed by atoms with Gasteiger partial charge in [-0.25, -0.2) is 26.3 Å². The van der Waals surface area contributed by atoms with Crippen molar-refractivity contribution in [1.29, 1.82) is 0 Å². The highest BCUT2D eigenvalue weighted by atomic mass is 32.2. The molecule has 0 spiro atoms. The van der Waals surface area contributed by atoms with Gasteiger partial charge in [0, 0.05) is 18.8 Å². The number of nitrogens with one attached hydrogen (secondary N) is 2. The van der Waals surface area contributed by atoms with E-state index in [1.54, 1.807) is 6.92 Å². The van der Waals surface area contributed by atoms with Crippen LogP contribution in [-0.4, -0.2) is 36.2 Å². The SMILES string of the molecule is Cc1cc(S(=O)(=O)NCCCNS(C)(=O)=O)ccc1N. The van der Waals surface area contributed by atoms with Crippen LogP contribution in [0.25, 0.3) is 0 Å². The Hall–Kier alpha value is -1.16. The van der Waals surface area contributed by atoms with E-state index < -0.39 is 20.0 Å². The molecule has 0 unspecified atom stereocenters. The van der Waals surface area contributed by atoms with Crippen LogP contribution in [0.3, 0.4) is 0 Å². The monoisotopic (exact) mass is 321 g/mol. The summed E-state index contributed by atoms with van der Waals surface area (Å²) >= 11 is 0. The average Bonchev–Trinajstić information content (AvgIpc) is 2.30. The molecule has 0 saturated carbocycles. The van der Waals surface area contributed by atoms with Crippen LogP contribution in [0.4, 0.5) is 5.69 Å². The molecule has 0 bridgehead atoms. The molecule has 4 N–H and O–H groups in total. The maximum Gasteiger partial charge on any atom is 0.240 e. The Balaban J connectivity index is 2.56. The summed E-state index contributed by atoms with van der Waals surface area (Å²) in [5, 5.41) is 0. The van der Waals surface area contributed by atoms with E-state index in [1.165, 1.54) is 18.2 Å². The molecule has 0 amide bonds. The first-order chi connectivity index (χ1) is 9.12. The van der Waals surface area contributed by atoms with Gasteiger partial charge in [-0.05, 0) is 37.1 Å². The number of hydrogen-bond acceptors (Lipinski definition) is 5. The van der Waals surface area contributed by atoms with Gasteiger partial charge < -0.3 is 5.73 Å². The summed E-state index contributed by atoms with van der Waals surface area (Å²) in [7, 11) is -6.84. The summed E-state index contributed by atoms with van der Waals surface area (Å²) in [6.07, 6.45) is 1.41. The van der Waals surface area contributed by atoms with Crippen LogP contribution >= 0.6 is 0 Å². The molecule has 0 aromatic heterocycles. The van der Waals surface area contributed by atoms with Crippen molar-refractivity contribution in [3.63, 3.8) is 0 Å². The predicted octanol–water partition coefficient (Wildman–Crippen LogP) is -0.205. The minimum atomic E-state index is -3.60. The Kier molecular flexibility index (Phi) is 5.51. The standard InChI is InChI=1S/C11H19N3O4S2/c1-9-8-10(4-5-11(9)12)20(17,18)14-7-3-6-13-19(2,15)16/h4-5,8,13-14H,3,6-7,12H2,1-2H3. The van der Waals surface area contributed by atoms with Crippen LogP contribution in [0.2, 0.25) is 0 Å². The summed E-state index contributed by atoms with van der Waals surface area (Å²) < 4.78 is 50.3. The second kappa shape index (κ2) is 6.53. The van der Waals surface area contributed by atoms with E-state index in [-0.39, 0.29) is 18.0 Å². The number of nitrogen functional groups attached to an aromatic ring is 1. The molecule has 0 radical (unpaired) electrons. The van der Waals surface area contributed by atoms with Gasteiger partial charge in [-0.15, -0.1) is 0 Å². The fourth-order valence-corrected chi connectivity index (χ4v) is 3.13. The highest BCUT2D eigenvalue weighted by molar-refractivity contribution is 7.89. The minimum Gasteiger partial charge on any atom is -0.399 e. The molecule has 114 valence electrons. The third-order valence-corrected chi connectivity index (χ3v) is 4.75. The van der Waals surface area contributed by atoms with Gasteiger partial charge in [0.25, 0.3) is 0 Å². The number of rotatable bonds is 7. The second-order valence-corrected chi connectivity index (χ2v) is 8.04. The topological polar surface area (TPSA) is 118 Å². The van der Waals surface area contributed by atoms with E-state index in [1.807, 2.05) is 0 Å². The van der Waals surface area contributed by atoms with E-state index in [4.69, 9.17) is 5.73 Å². The van der Waals surface area contributed by atoms with Gasteiger partial charge in [0.1, 0.15) is 0 Å². The number of aryl methyl sites for hydroxylation is 1. The lowest BCUT2D eigenvalue weighted by Gasteiger charge is -2.08. The normalized spacial score (nSPS) is 12.5. The summed E-state index contributed by atoms with van der Waals surface area (Å²) in [5.41, 5.74) is 6.85. The van der Waals surface area contributed by atoms with E-state index in [2.05, 4.69) is 9.44 Å². The lowest BCUT2D eigenvalue weighted by molar-refractivity contribution is 0.575. The molecule has 0 aliphatic carbocycles. The number of benzene rings is 1.